The Morgan fingerprint density at radius 3 is 2.44 bits per heavy atom. The first-order valence-corrected chi connectivity index (χ1v) is 5.64. The Bertz CT molecular complexity index is 330. The minimum absolute atomic E-state index is 0.212. The molecular formula is C13H18O3. The van der Waals surface area contributed by atoms with E-state index in [0.717, 1.165) is 18.4 Å². The van der Waals surface area contributed by atoms with Crippen LogP contribution in [0.2, 0.25) is 0 Å². The van der Waals surface area contributed by atoms with E-state index in [2.05, 4.69) is 6.92 Å². The first-order valence-electron chi connectivity index (χ1n) is 5.64. The van der Waals surface area contributed by atoms with Crippen molar-refractivity contribution in [3.8, 4) is 5.75 Å². The van der Waals surface area contributed by atoms with Crippen LogP contribution in [0.4, 0.5) is 0 Å². The average molecular weight is 222 g/mol. The molecule has 0 spiro atoms. The Hall–Kier alpha value is -1.51. The lowest BCUT2D eigenvalue weighted by atomic mass is 9.94. The zero-order valence-corrected chi connectivity index (χ0v) is 9.52. The van der Waals surface area contributed by atoms with Gasteiger partial charge in [-0.25, -0.2) is 0 Å². The molecule has 0 fully saturated rings. The van der Waals surface area contributed by atoms with E-state index < -0.39 is 5.97 Å². The van der Waals surface area contributed by atoms with Gasteiger partial charge in [-0.05, 0) is 30.5 Å². The van der Waals surface area contributed by atoms with Gasteiger partial charge in [-0.2, -0.15) is 0 Å². The summed E-state index contributed by atoms with van der Waals surface area (Å²) in [4.78, 5) is 11.0. The van der Waals surface area contributed by atoms with Crippen LogP contribution in [-0.2, 0) is 11.2 Å². The Kier molecular flexibility index (Phi) is 4.83. The predicted octanol–water partition coefficient (Wildman–Crippen LogP) is 2.83. The highest BCUT2D eigenvalue weighted by molar-refractivity contribution is 5.70. The molecule has 0 aliphatic carbocycles. The highest BCUT2D eigenvalue weighted by Gasteiger charge is 2.17. The third-order valence-electron chi connectivity index (χ3n) is 2.67. The Labute approximate surface area is 95.7 Å². The molecule has 3 heteroatoms. The van der Waals surface area contributed by atoms with Gasteiger partial charge in [0.05, 0.1) is 5.92 Å². The summed E-state index contributed by atoms with van der Waals surface area (Å²) in [5, 5.41) is 18.2. The molecule has 0 heterocycles. The largest absolute Gasteiger partial charge is 0.508 e. The van der Waals surface area contributed by atoms with Crippen LogP contribution >= 0.6 is 0 Å². The molecule has 0 radical (unpaired) electrons. The van der Waals surface area contributed by atoms with Crippen molar-refractivity contribution in [3.63, 3.8) is 0 Å². The molecule has 1 unspecified atom stereocenters. The molecule has 0 saturated carbocycles. The Balaban J connectivity index is 2.60. The molecule has 1 aromatic rings. The Morgan fingerprint density at radius 1 is 1.31 bits per heavy atom. The van der Waals surface area contributed by atoms with Crippen molar-refractivity contribution in [1.29, 1.82) is 0 Å². The molecule has 1 rings (SSSR count). The van der Waals surface area contributed by atoms with Crippen LogP contribution < -0.4 is 0 Å². The van der Waals surface area contributed by atoms with Gasteiger partial charge in [0.2, 0.25) is 0 Å². The van der Waals surface area contributed by atoms with Crippen LogP contribution in [0.5, 0.6) is 5.75 Å². The fraction of sp³-hybridized carbons (Fsp3) is 0.462. The van der Waals surface area contributed by atoms with Gasteiger partial charge in [-0.1, -0.05) is 31.9 Å². The fourth-order valence-corrected chi connectivity index (χ4v) is 1.68. The van der Waals surface area contributed by atoms with Crippen LogP contribution in [-0.4, -0.2) is 16.2 Å². The fourth-order valence-electron chi connectivity index (χ4n) is 1.68. The molecule has 0 amide bonds. The van der Waals surface area contributed by atoms with E-state index in [-0.39, 0.29) is 11.7 Å². The zero-order chi connectivity index (χ0) is 12.0. The van der Waals surface area contributed by atoms with Gasteiger partial charge < -0.3 is 10.2 Å². The highest BCUT2D eigenvalue weighted by Crippen LogP contribution is 2.17. The lowest BCUT2D eigenvalue weighted by Gasteiger charge is -2.11. The maximum absolute atomic E-state index is 11.0. The number of carboxylic acid groups (broad SMARTS) is 1. The number of hydrogen-bond acceptors (Lipinski definition) is 2. The van der Waals surface area contributed by atoms with E-state index in [4.69, 9.17) is 10.2 Å². The van der Waals surface area contributed by atoms with Crippen molar-refractivity contribution in [3.05, 3.63) is 29.8 Å². The minimum atomic E-state index is -0.735. The third kappa shape index (κ3) is 3.93. The summed E-state index contributed by atoms with van der Waals surface area (Å²) in [6.45, 7) is 2.06. The third-order valence-corrected chi connectivity index (χ3v) is 2.67. The SMILES string of the molecule is CCCCC(Cc1ccc(O)cc1)C(=O)O. The molecular weight excluding hydrogens is 204 g/mol. The normalized spacial score (nSPS) is 12.3. The maximum atomic E-state index is 11.0. The number of phenols is 1. The van der Waals surface area contributed by atoms with Gasteiger partial charge in [0.15, 0.2) is 0 Å². The van der Waals surface area contributed by atoms with Crippen molar-refractivity contribution in [2.24, 2.45) is 5.92 Å². The predicted molar refractivity (Wildman–Crippen MR) is 62.5 cm³/mol. The van der Waals surface area contributed by atoms with Gasteiger partial charge in [0.1, 0.15) is 5.75 Å². The minimum Gasteiger partial charge on any atom is -0.508 e. The second-order valence-corrected chi connectivity index (χ2v) is 4.05. The van der Waals surface area contributed by atoms with Crippen molar-refractivity contribution in [2.45, 2.75) is 32.6 Å². The standard InChI is InChI=1S/C13H18O3/c1-2-3-4-11(13(15)16)9-10-5-7-12(14)8-6-10/h5-8,11,14H,2-4,9H2,1H3,(H,15,16). The molecule has 0 aromatic heterocycles. The maximum Gasteiger partial charge on any atom is 0.306 e. The quantitative estimate of drug-likeness (QED) is 0.778. The van der Waals surface area contributed by atoms with E-state index in [0.29, 0.717) is 12.8 Å². The van der Waals surface area contributed by atoms with Gasteiger partial charge in [0, 0.05) is 0 Å². The summed E-state index contributed by atoms with van der Waals surface area (Å²) >= 11 is 0. The van der Waals surface area contributed by atoms with Crippen LogP contribution in [0.3, 0.4) is 0 Å². The number of carboxylic acids is 1. The second kappa shape index (κ2) is 6.16. The number of benzene rings is 1. The first kappa shape index (κ1) is 12.6. The number of hydrogen-bond donors (Lipinski definition) is 2. The molecule has 16 heavy (non-hydrogen) atoms. The van der Waals surface area contributed by atoms with Crippen LogP contribution in [0.15, 0.2) is 24.3 Å². The van der Waals surface area contributed by atoms with E-state index in [1.54, 1.807) is 24.3 Å². The zero-order valence-electron chi connectivity index (χ0n) is 9.52. The van der Waals surface area contributed by atoms with E-state index in [1.807, 2.05) is 0 Å². The Morgan fingerprint density at radius 2 is 1.94 bits per heavy atom. The smallest absolute Gasteiger partial charge is 0.306 e. The molecule has 0 saturated heterocycles. The lowest BCUT2D eigenvalue weighted by Crippen LogP contribution is -2.16. The summed E-state index contributed by atoms with van der Waals surface area (Å²) < 4.78 is 0. The molecule has 0 bridgehead atoms. The van der Waals surface area contributed by atoms with Crippen molar-refractivity contribution >= 4 is 5.97 Å². The van der Waals surface area contributed by atoms with Crippen molar-refractivity contribution in [1.82, 2.24) is 0 Å². The highest BCUT2D eigenvalue weighted by atomic mass is 16.4. The number of aromatic hydroxyl groups is 1. The summed E-state index contributed by atoms with van der Waals surface area (Å²) in [5.41, 5.74) is 0.960. The topological polar surface area (TPSA) is 57.5 Å². The first-order chi connectivity index (χ1) is 7.63. The molecule has 2 N–H and O–H groups in total. The van der Waals surface area contributed by atoms with Crippen molar-refractivity contribution < 1.29 is 15.0 Å². The lowest BCUT2D eigenvalue weighted by molar-refractivity contribution is -0.141. The van der Waals surface area contributed by atoms with Crippen LogP contribution in [0, 0.1) is 5.92 Å². The molecule has 88 valence electrons. The number of rotatable bonds is 6. The molecule has 1 atom stereocenters. The van der Waals surface area contributed by atoms with Gasteiger partial charge in [-0.3, -0.25) is 4.79 Å². The summed E-state index contributed by atoms with van der Waals surface area (Å²) in [7, 11) is 0. The van der Waals surface area contributed by atoms with Crippen LogP contribution in [0.25, 0.3) is 0 Å². The van der Waals surface area contributed by atoms with Crippen molar-refractivity contribution in [2.75, 3.05) is 0 Å². The van der Waals surface area contributed by atoms with E-state index in [1.165, 1.54) is 0 Å². The number of unbranched alkanes of at least 4 members (excludes halogenated alkanes) is 1. The molecule has 0 aliphatic rings. The molecule has 0 aliphatic heterocycles. The molecule has 3 nitrogen and oxygen atoms in total. The molecule has 1 aromatic carbocycles. The summed E-state index contributed by atoms with van der Waals surface area (Å²) in [6, 6.07) is 6.73. The average Bonchev–Trinajstić information content (AvgIpc) is 2.26. The van der Waals surface area contributed by atoms with E-state index >= 15 is 0 Å². The summed E-state index contributed by atoms with van der Waals surface area (Å²) in [5.74, 6) is -0.838. The summed E-state index contributed by atoms with van der Waals surface area (Å²) in [6.07, 6.45) is 3.21. The number of carbonyl (C=O) groups is 1. The van der Waals surface area contributed by atoms with Gasteiger partial charge >= 0.3 is 5.97 Å². The monoisotopic (exact) mass is 222 g/mol. The van der Waals surface area contributed by atoms with Gasteiger partial charge in [-0.15, -0.1) is 0 Å². The van der Waals surface area contributed by atoms with E-state index in [9.17, 15) is 4.79 Å². The second-order valence-electron chi connectivity index (χ2n) is 4.05. The van der Waals surface area contributed by atoms with Gasteiger partial charge in [0.25, 0.3) is 0 Å². The van der Waals surface area contributed by atoms with Crippen LogP contribution in [0.1, 0.15) is 31.7 Å². The number of aliphatic carboxylic acids is 1. The number of phenolic OH excluding ortho intramolecular Hbond substituents is 1.